The number of hydrogen-bond acceptors (Lipinski definition) is 7. The van der Waals surface area contributed by atoms with Crippen LogP contribution in [-0.2, 0) is 27.4 Å². The van der Waals surface area contributed by atoms with Crippen molar-refractivity contribution in [2.75, 3.05) is 13.1 Å². The molecule has 8 nitrogen and oxygen atoms in total. The predicted molar refractivity (Wildman–Crippen MR) is 157 cm³/mol. The van der Waals surface area contributed by atoms with Crippen molar-refractivity contribution < 1.29 is 33.9 Å². The van der Waals surface area contributed by atoms with Gasteiger partial charge in [0, 0.05) is 18.0 Å². The van der Waals surface area contributed by atoms with Gasteiger partial charge in [-0.05, 0) is 86.7 Å². The second-order valence-corrected chi connectivity index (χ2v) is 11.1. The molecule has 0 saturated carbocycles. The Balaban J connectivity index is 1.56. The average Bonchev–Trinajstić information content (AvgIpc) is 2.93. The molecule has 1 amide bonds. The minimum absolute atomic E-state index is 0.0665. The van der Waals surface area contributed by atoms with Gasteiger partial charge in [-0.1, -0.05) is 54.9 Å². The van der Waals surface area contributed by atoms with E-state index in [0.717, 1.165) is 11.1 Å². The summed E-state index contributed by atoms with van der Waals surface area (Å²) in [6.45, 7) is 8.02. The van der Waals surface area contributed by atoms with Crippen LogP contribution >= 0.6 is 11.6 Å². The van der Waals surface area contributed by atoms with Crippen LogP contribution in [0.5, 0.6) is 11.5 Å². The third-order valence-electron chi connectivity index (χ3n) is 5.86. The second-order valence-electron chi connectivity index (χ2n) is 10.6. The first kappa shape index (κ1) is 31.8. The number of amides is 1. The maximum Gasteiger partial charge on any atom is 0.410 e. The van der Waals surface area contributed by atoms with Crippen LogP contribution in [0.1, 0.15) is 63.3 Å². The van der Waals surface area contributed by atoms with E-state index in [1.807, 2.05) is 37.3 Å². The molecule has 0 aliphatic heterocycles. The number of benzene rings is 3. The molecule has 0 aliphatic rings. The van der Waals surface area contributed by atoms with Crippen LogP contribution in [0.2, 0.25) is 5.02 Å². The van der Waals surface area contributed by atoms with Crippen LogP contribution in [-0.4, -0.2) is 40.8 Å². The van der Waals surface area contributed by atoms with Crippen molar-refractivity contribution in [1.29, 1.82) is 0 Å². The van der Waals surface area contributed by atoms with Crippen molar-refractivity contribution in [2.24, 2.45) is 0 Å². The number of carbonyl (C=O) groups excluding carboxylic acids is 2. The van der Waals surface area contributed by atoms with Gasteiger partial charge in [0.25, 0.3) is 0 Å². The number of hydrogen-bond donors (Lipinski definition) is 1. The van der Waals surface area contributed by atoms with Crippen molar-refractivity contribution in [3.05, 3.63) is 94.5 Å². The number of aliphatic hydroxyl groups excluding tert-OH is 1. The monoisotopic (exact) mass is 583 g/mol. The molecule has 0 aliphatic carbocycles. The maximum absolute atomic E-state index is 12.9. The molecule has 41 heavy (non-hydrogen) atoms. The third-order valence-corrected chi connectivity index (χ3v) is 6.10. The number of rotatable bonds is 13. The van der Waals surface area contributed by atoms with Gasteiger partial charge in [0.2, 0.25) is 0 Å². The van der Waals surface area contributed by atoms with Gasteiger partial charge >= 0.3 is 12.1 Å². The summed E-state index contributed by atoms with van der Waals surface area (Å²) < 4.78 is 11.5. The molecule has 0 unspecified atom stereocenters. The van der Waals surface area contributed by atoms with Gasteiger partial charge in [0.15, 0.2) is 5.75 Å². The van der Waals surface area contributed by atoms with Crippen LogP contribution in [0.25, 0.3) is 0 Å². The summed E-state index contributed by atoms with van der Waals surface area (Å²) in [5.74, 6) is 0.677. The highest BCUT2D eigenvalue weighted by Crippen LogP contribution is 2.22. The summed E-state index contributed by atoms with van der Waals surface area (Å²) in [6, 6.07) is 21.7. The summed E-state index contributed by atoms with van der Waals surface area (Å²) in [6.07, 6.45) is 0.124. The molecule has 9 heteroatoms. The normalized spacial score (nSPS) is 11.9. The molecule has 0 aromatic heterocycles. The van der Waals surface area contributed by atoms with Crippen molar-refractivity contribution in [2.45, 2.75) is 65.3 Å². The lowest BCUT2D eigenvalue weighted by Gasteiger charge is -2.29. The molecule has 3 aromatic carbocycles. The minimum atomic E-state index is -0.913. The minimum Gasteiger partial charge on any atom is -0.489 e. The van der Waals surface area contributed by atoms with E-state index in [1.165, 1.54) is 4.90 Å². The van der Waals surface area contributed by atoms with E-state index in [1.54, 1.807) is 63.2 Å². The van der Waals surface area contributed by atoms with Crippen LogP contribution < -0.4 is 9.62 Å². The quantitative estimate of drug-likeness (QED) is 0.170. The number of nitrogens with zero attached hydrogens (tertiary/aromatic N) is 1. The second kappa shape index (κ2) is 15.3. The molecule has 3 aromatic rings. The van der Waals surface area contributed by atoms with E-state index in [4.69, 9.17) is 30.8 Å². The highest BCUT2D eigenvalue weighted by atomic mass is 35.5. The van der Waals surface area contributed by atoms with E-state index in [0.29, 0.717) is 54.5 Å². The summed E-state index contributed by atoms with van der Waals surface area (Å²) in [4.78, 5) is 35.9. The molecule has 0 heterocycles. The molecular weight excluding hydrogens is 546 g/mol. The summed E-state index contributed by atoms with van der Waals surface area (Å²) in [5, 5.41) is 11.3. The van der Waals surface area contributed by atoms with Crippen molar-refractivity contribution in [3.63, 3.8) is 0 Å². The van der Waals surface area contributed by atoms with Gasteiger partial charge in [-0.25, -0.2) is 9.59 Å². The SMILES string of the molecule is CCCC(=O)OOc1cccc(COc2ccc(CCN(C[C@H](O)c3cccc(Cl)c3)C(=O)OC(C)(C)C)cc2)c1. The molecular formula is C32H38ClNO7. The fraction of sp³-hybridized carbons (Fsp3) is 0.375. The maximum atomic E-state index is 12.9. The Labute approximate surface area is 246 Å². The van der Waals surface area contributed by atoms with Crippen molar-refractivity contribution in [1.82, 2.24) is 4.90 Å². The zero-order valence-electron chi connectivity index (χ0n) is 24.0. The first-order valence-electron chi connectivity index (χ1n) is 13.6. The van der Waals surface area contributed by atoms with Gasteiger partial charge in [-0.3, -0.25) is 9.78 Å². The lowest BCUT2D eigenvalue weighted by Crippen LogP contribution is -2.40. The van der Waals surface area contributed by atoms with Gasteiger partial charge in [0.1, 0.15) is 18.0 Å². The third kappa shape index (κ3) is 11.3. The zero-order chi connectivity index (χ0) is 29.8. The van der Waals surface area contributed by atoms with Gasteiger partial charge < -0.3 is 19.5 Å². The average molecular weight is 584 g/mol. The van der Waals surface area contributed by atoms with Gasteiger partial charge in [-0.2, -0.15) is 0 Å². The summed E-state index contributed by atoms with van der Waals surface area (Å²) in [7, 11) is 0. The number of halogens is 1. The molecule has 1 N–H and O–H groups in total. The Morgan fingerprint density at radius 2 is 1.68 bits per heavy atom. The largest absolute Gasteiger partial charge is 0.489 e. The van der Waals surface area contributed by atoms with E-state index in [2.05, 4.69) is 0 Å². The molecule has 0 radical (unpaired) electrons. The fourth-order valence-electron chi connectivity index (χ4n) is 3.82. The standard InChI is InChI=1S/C32H38ClNO7/c1-5-8-30(36)41-40-28-12-6-9-24(19-28)22-38-27-15-13-23(14-16-27)17-18-34(31(37)39-32(2,3)4)21-29(35)25-10-7-11-26(33)20-25/h6-7,9-16,19-20,29,35H,5,8,17-18,21-22H2,1-4H3/t29-/m0/s1. The first-order chi connectivity index (χ1) is 19.5. The highest BCUT2D eigenvalue weighted by Gasteiger charge is 2.24. The molecule has 3 rings (SSSR count). The fourth-order valence-corrected chi connectivity index (χ4v) is 4.02. The predicted octanol–water partition coefficient (Wildman–Crippen LogP) is 7.07. The Kier molecular flexibility index (Phi) is 11.9. The lowest BCUT2D eigenvalue weighted by molar-refractivity contribution is -0.213. The topological polar surface area (TPSA) is 94.5 Å². The number of ether oxygens (including phenoxy) is 2. The smallest absolute Gasteiger partial charge is 0.410 e. The van der Waals surface area contributed by atoms with E-state index >= 15 is 0 Å². The van der Waals surface area contributed by atoms with Crippen LogP contribution in [0.15, 0.2) is 72.8 Å². The Hall–Kier alpha value is -3.75. The van der Waals surface area contributed by atoms with Crippen molar-refractivity contribution >= 4 is 23.7 Å². The van der Waals surface area contributed by atoms with E-state index in [9.17, 15) is 14.7 Å². The Morgan fingerprint density at radius 3 is 2.37 bits per heavy atom. The molecule has 0 saturated heterocycles. The van der Waals surface area contributed by atoms with Crippen LogP contribution in [0, 0.1) is 0 Å². The summed E-state index contributed by atoms with van der Waals surface area (Å²) >= 11 is 6.08. The molecule has 1 atom stereocenters. The Bertz CT molecular complexity index is 1270. The number of aliphatic hydroxyl groups is 1. The molecule has 0 bridgehead atoms. The van der Waals surface area contributed by atoms with Crippen LogP contribution in [0.3, 0.4) is 0 Å². The van der Waals surface area contributed by atoms with Crippen molar-refractivity contribution in [3.8, 4) is 11.5 Å². The molecule has 0 spiro atoms. The first-order valence-corrected chi connectivity index (χ1v) is 14.0. The van der Waals surface area contributed by atoms with Crippen LogP contribution in [0.4, 0.5) is 4.79 Å². The molecule has 220 valence electrons. The summed E-state index contributed by atoms with van der Waals surface area (Å²) in [5.41, 5.74) is 1.81. The van der Waals surface area contributed by atoms with E-state index < -0.39 is 23.8 Å². The highest BCUT2D eigenvalue weighted by molar-refractivity contribution is 6.30. The zero-order valence-corrected chi connectivity index (χ0v) is 24.7. The van der Waals surface area contributed by atoms with Gasteiger partial charge in [-0.15, -0.1) is 0 Å². The van der Waals surface area contributed by atoms with Gasteiger partial charge in [0.05, 0.1) is 12.6 Å². The molecule has 0 fully saturated rings. The Morgan fingerprint density at radius 1 is 0.951 bits per heavy atom. The number of carbonyl (C=O) groups is 2. The lowest BCUT2D eigenvalue weighted by atomic mass is 10.1. The van der Waals surface area contributed by atoms with E-state index in [-0.39, 0.29) is 6.54 Å².